The van der Waals surface area contributed by atoms with Crippen LogP contribution < -0.4 is 5.32 Å². The van der Waals surface area contributed by atoms with E-state index in [1.165, 1.54) is 36.6 Å². The molecule has 0 aromatic carbocycles. The minimum Gasteiger partial charge on any atom is -0.310 e. The van der Waals surface area contributed by atoms with Crippen molar-refractivity contribution >= 4 is 11.3 Å². The molecule has 1 aromatic rings. The normalized spacial score (nSPS) is 18.6. The average molecular weight is 310 g/mol. The highest BCUT2D eigenvalue weighted by atomic mass is 32.1. The van der Waals surface area contributed by atoms with E-state index in [-0.39, 0.29) is 5.41 Å². The van der Waals surface area contributed by atoms with Crippen LogP contribution in [0.2, 0.25) is 0 Å². The fraction of sp³-hybridized carbons (Fsp3) is 0.824. The van der Waals surface area contributed by atoms with Crippen LogP contribution in [0.5, 0.6) is 0 Å². The molecular formula is C17H31N3S. The number of rotatable bonds is 6. The first-order valence-electron chi connectivity index (χ1n) is 8.27. The Kier molecular flexibility index (Phi) is 5.81. The number of thiazole rings is 1. The molecule has 3 nitrogen and oxygen atoms in total. The van der Waals surface area contributed by atoms with E-state index in [0.29, 0.717) is 12.0 Å². The summed E-state index contributed by atoms with van der Waals surface area (Å²) in [5.74, 6) is 0.705. The maximum Gasteiger partial charge on any atom is 0.0982 e. The molecule has 1 aliphatic rings. The van der Waals surface area contributed by atoms with Gasteiger partial charge in [0.1, 0.15) is 0 Å². The van der Waals surface area contributed by atoms with E-state index in [1.54, 1.807) is 11.3 Å². The van der Waals surface area contributed by atoms with Crippen LogP contribution in [0.15, 0.2) is 5.38 Å². The van der Waals surface area contributed by atoms with Gasteiger partial charge in [0.25, 0.3) is 0 Å². The van der Waals surface area contributed by atoms with Gasteiger partial charge >= 0.3 is 0 Å². The van der Waals surface area contributed by atoms with Crippen LogP contribution in [0.4, 0.5) is 0 Å². The Balaban J connectivity index is 1.83. The molecule has 120 valence electrons. The van der Waals surface area contributed by atoms with Crippen molar-refractivity contribution in [2.45, 2.75) is 65.5 Å². The van der Waals surface area contributed by atoms with Gasteiger partial charge in [-0.25, -0.2) is 4.98 Å². The maximum atomic E-state index is 4.76. The van der Waals surface area contributed by atoms with Gasteiger partial charge in [0, 0.05) is 29.9 Å². The third kappa shape index (κ3) is 4.76. The lowest BCUT2D eigenvalue weighted by Gasteiger charge is -2.31. The second-order valence-electron chi connectivity index (χ2n) is 7.58. The Morgan fingerprint density at radius 1 is 1.29 bits per heavy atom. The molecule has 2 heterocycles. The first-order valence-corrected chi connectivity index (χ1v) is 9.15. The van der Waals surface area contributed by atoms with Crippen molar-refractivity contribution in [2.75, 3.05) is 19.6 Å². The van der Waals surface area contributed by atoms with Gasteiger partial charge in [0.2, 0.25) is 0 Å². The second-order valence-corrected chi connectivity index (χ2v) is 8.44. The number of hydrogen-bond donors (Lipinski definition) is 1. The Morgan fingerprint density at radius 3 is 2.48 bits per heavy atom. The van der Waals surface area contributed by atoms with Crippen LogP contribution in [-0.4, -0.2) is 35.6 Å². The lowest BCUT2D eigenvalue weighted by molar-refractivity contribution is 0.186. The van der Waals surface area contributed by atoms with E-state index < -0.39 is 0 Å². The molecule has 1 atom stereocenters. The summed E-state index contributed by atoms with van der Waals surface area (Å²) in [7, 11) is 0. The van der Waals surface area contributed by atoms with Gasteiger partial charge in [-0.2, -0.15) is 0 Å². The largest absolute Gasteiger partial charge is 0.310 e. The van der Waals surface area contributed by atoms with E-state index in [9.17, 15) is 0 Å². The topological polar surface area (TPSA) is 28.2 Å². The van der Waals surface area contributed by atoms with Crippen LogP contribution >= 0.6 is 11.3 Å². The van der Waals surface area contributed by atoms with Gasteiger partial charge < -0.3 is 5.32 Å². The molecular weight excluding hydrogens is 278 g/mol. The molecule has 21 heavy (non-hydrogen) atoms. The van der Waals surface area contributed by atoms with Gasteiger partial charge in [0.15, 0.2) is 0 Å². The second kappa shape index (κ2) is 7.21. The zero-order valence-corrected chi connectivity index (χ0v) is 15.1. The standard InChI is InChI=1S/C17H31N3S/c1-13(2)15(20-8-6-7-9-20)11-18-10-14-12-21-16(19-14)17(3,4)5/h12-13,15,18H,6-11H2,1-5H3. The summed E-state index contributed by atoms with van der Waals surface area (Å²) in [5, 5.41) is 7.06. The summed E-state index contributed by atoms with van der Waals surface area (Å²) in [5.41, 5.74) is 1.35. The zero-order valence-electron chi connectivity index (χ0n) is 14.3. The number of likely N-dealkylation sites (tertiary alicyclic amines) is 1. The summed E-state index contributed by atoms with van der Waals surface area (Å²) in [6, 6.07) is 0.660. The van der Waals surface area contributed by atoms with E-state index >= 15 is 0 Å². The molecule has 4 heteroatoms. The van der Waals surface area contributed by atoms with E-state index in [2.05, 4.69) is 50.2 Å². The van der Waals surface area contributed by atoms with Gasteiger partial charge in [-0.1, -0.05) is 34.6 Å². The highest BCUT2D eigenvalue weighted by molar-refractivity contribution is 7.09. The highest BCUT2D eigenvalue weighted by Crippen LogP contribution is 2.25. The van der Waals surface area contributed by atoms with Gasteiger partial charge in [-0.05, 0) is 31.8 Å². The monoisotopic (exact) mass is 309 g/mol. The minimum atomic E-state index is 0.166. The fourth-order valence-corrected chi connectivity index (χ4v) is 3.85. The fourth-order valence-electron chi connectivity index (χ4n) is 2.94. The van der Waals surface area contributed by atoms with Crippen molar-refractivity contribution in [1.29, 1.82) is 0 Å². The van der Waals surface area contributed by atoms with Crippen molar-refractivity contribution in [1.82, 2.24) is 15.2 Å². The first kappa shape index (κ1) is 16.9. The zero-order chi connectivity index (χ0) is 15.5. The van der Waals surface area contributed by atoms with Crippen LogP contribution in [0, 0.1) is 5.92 Å². The summed E-state index contributed by atoms with van der Waals surface area (Å²) in [6.07, 6.45) is 2.73. The van der Waals surface area contributed by atoms with Gasteiger partial charge in [0.05, 0.1) is 10.7 Å². The Morgan fingerprint density at radius 2 is 1.95 bits per heavy atom. The third-order valence-corrected chi connectivity index (χ3v) is 5.55. The molecule has 0 radical (unpaired) electrons. The van der Waals surface area contributed by atoms with Gasteiger partial charge in [-0.15, -0.1) is 11.3 Å². The molecule has 0 bridgehead atoms. The van der Waals surface area contributed by atoms with E-state index in [0.717, 1.165) is 13.1 Å². The minimum absolute atomic E-state index is 0.166. The Hall–Kier alpha value is -0.450. The van der Waals surface area contributed by atoms with Crippen molar-refractivity contribution in [3.8, 4) is 0 Å². The van der Waals surface area contributed by atoms with Crippen molar-refractivity contribution in [3.05, 3.63) is 16.1 Å². The number of hydrogen-bond acceptors (Lipinski definition) is 4. The molecule has 0 amide bonds. The molecule has 0 spiro atoms. The molecule has 1 aliphatic heterocycles. The van der Waals surface area contributed by atoms with Crippen molar-refractivity contribution in [3.63, 3.8) is 0 Å². The Labute approximate surface area is 134 Å². The molecule has 2 rings (SSSR count). The van der Waals surface area contributed by atoms with Crippen LogP contribution in [0.3, 0.4) is 0 Å². The lowest BCUT2D eigenvalue weighted by atomic mass is 9.98. The average Bonchev–Trinajstić information content (AvgIpc) is 3.04. The Bertz CT molecular complexity index is 427. The van der Waals surface area contributed by atoms with Crippen LogP contribution in [0.1, 0.15) is 58.2 Å². The summed E-state index contributed by atoms with van der Waals surface area (Å²) in [4.78, 5) is 7.42. The molecule has 0 saturated carbocycles. The smallest absolute Gasteiger partial charge is 0.0982 e. The predicted molar refractivity (Wildman–Crippen MR) is 92.0 cm³/mol. The maximum absolute atomic E-state index is 4.76. The molecule has 0 aliphatic carbocycles. The van der Waals surface area contributed by atoms with Gasteiger partial charge in [-0.3, -0.25) is 4.90 Å². The molecule has 1 fully saturated rings. The van der Waals surface area contributed by atoms with Crippen LogP contribution in [-0.2, 0) is 12.0 Å². The highest BCUT2D eigenvalue weighted by Gasteiger charge is 2.24. The first-order chi connectivity index (χ1) is 9.88. The molecule has 1 aromatic heterocycles. The summed E-state index contributed by atoms with van der Waals surface area (Å²) in [6.45, 7) is 15.9. The molecule has 1 unspecified atom stereocenters. The van der Waals surface area contributed by atoms with E-state index in [4.69, 9.17) is 4.98 Å². The summed E-state index contributed by atoms with van der Waals surface area (Å²) >= 11 is 1.79. The number of nitrogens with zero attached hydrogens (tertiary/aromatic N) is 2. The van der Waals surface area contributed by atoms with E-state index in [1.807, 2.05) is 0 Å². The van der Waals surface area contributed by atoms with Crippen LogP contribution in [0.25, 0.3) is 0 Å². The van der Waals surface area contributed by atoms with Crippen molar-refractivity contribution < 1.29 is 0 Å². The third-order valence-electron chi connectivity index (χ3n) is 4.23. The molecule has 1 N–H and O–H groups in total. The lowest BCUT2D eigenvalue weighted by Crippen LogP contribution is -2.44. The predicted octanol–water partition coefficient (Wildman–Crippen LogP) is 3.65. The molecule has 1 saturated heterocycles. The quantitative estimate of drug-likeness (QED) is 0.869. The number of nitrogens with one attached hydrogen (secondary N) is 1. The SMILES string of the molecule is CC(C)C(CNCc1csc(C(C)(C)C)n1)N1CCCC1. The van der Waals surface area contributed by atoms with Crippen molar-refractivity contribution in [2.24, 2.45) is 5.92 Å². The summed E-state index contributed by atoms with van der Waals surface area (Å²) < 4.78 is 0. The number of aromatic nitrogens is 1.